The van der Waals surface area contributed by atoms with Crippen molar-refractivity contribution in [1.29, 1.82) is 0 Å². The second-order valence-corrected chi connectivity index (χ2v) is 9.29. The molecule has 154 valence electrons. The fraction of sp³-hybridized carbons (Fsp3) is 0.435. The Morgan fingerprint density at radius 1 is 1.10 bits per heavy atom. The van der Waals surface area contributed by atoms with Crippen molar-refractivity contribution in [3.63, 3.8) is 0 Å². The largest absolute Gasteiger partial charge is 0.456 e. The second kappa shape index (κ2) is 8.11. The van der Waals surface area contributed by atoms with Gasteiger partial charge >= 0.3 is 5.97 Å². The van der Waals surface area contributed by atoms with Gasteiger partial charge in [0, 0.05) is 10.6 Å². The smallest absolute Gasteiger partial charge is 0.338 e. The van der Waals surface area contributed by atoms with Gasteiger partial charge < -0.3 is 9.84 Å². The lowest BCUT2D eigenvalue weighted by molar-refractivity contribution is -0.448. The van der Waals surface area contributed by atoms with E-state index in [9.17, 15) is 9.90 Å². The Balaban J connectivity index is 1.48. The van der Waals surface area contributed by atoms with Crippen LogP contribution >= 0.6 is 11.8 Å². The molecule has 1 heterocycles. The monoisotopic (exact) mass is 414 g/mol. The number of carbonyl (C=O) groups excluding carboxylic acids is 1. The lowest BCUT2D eigenvalue weighted by atomic mass is 9.69. The maximum absolute atomic E-state index is 12.6. The molecule has 2 bridgehead atoms. The van der Waals surface area contributed by atoms with Crippen LogP contribution in [-0.4, -0.2) is 40.2 Å². The summed E-state index contributed by atoms with van der Waals surface area (Å²) in [5.41, 5.74) is -1.38. The molecule has 1 saturated heterocycles. The Morgan fingerprint density at radius 2 is 1.76 bits per heavy atom. The summed E-state index contributed by atoms with van der Waals surface area (Å²) in [6, 6.07) is 19.0. The first-order valence-corrected chi connectivity index (χ1v) is 10.9. The Labute approximate surface area is 175 Å². The standard InChI is InChI=1S/C23H26O5S/c1-22(15-29-18-11-7-4-8-12-18)17-13-19(23(2,25)20(14-17)27-28-22)26-21(24)16-9-5-3-6-10-16/h3-12,17,19-20,25H,13-15H2,1-2H3/t17-,19+,20-,22-,23+/m0/s1. The maximum Gasteiger partial charge on any atom is 0.338 e. The zero-order chi connectivity index (χ0) is 20.5. The minimum absolute atomic E-state index is 0.103. The Bertz CT molecular complexity index is 841. The molecule has 0 unspecified atom stereocenters. The average Bonchev–Trinajstić information content (AvgIpc) is 2.74. The number of hydrogen-bond donors (Lipinski definition) is 1. The third-order valence-corrected chi connectivity index (χ3v) is 7.37. The van der Waals surface area contributed by atoms with E-state index in [0.29, 0.717) is 24.2 Å². The van der Waals surface area contributed by atoms with E-state index in [1.807, 2.05) is 31.2 Å². The van der Waals surface area contributed by atoms with Gasteiger partial charge in [0.15, 0.2) is 0 Å². The normalized spacial score (nSPS) is 33.8. The van der Waals surface area contributed by atoms with Crippen LogP contribution in [0.25, 0.3) is 0 Å². The summed E-state index contributed by atoms with van der Waals surface area (Å²) < 4.78 is 5.75. The van der Waals surface area contributed by atoms with Gasteiger partial charge in [0.1, 0.15) is 23.4 Å². The van der Waals surface area contributed by atoms with E-state index in [1.165, 1.54) is 0 Å². The molecule has 4 rings (SSSR count). The first kappa shape index (κ1) is 20.4. The fourth-order valence-electron chi connectivity index (χ4n) is 3.99. The van der Waals surface area contributed by atoms with E-state index in [1.54, 1.807) is 43.0 Å². The van der Waals surface area contributed by atoms with E-state index < -0.39 is 29.4 Å². The molecule has 1 aliphatic heterocycles. The molecule has 29 heavy (non-hydrogen) atoms. The number of hydrogen-bond acceptors (Lipinski definition) is 6. The van der Waals surface area contributed by atoms with Gasteiger partial charge in [-0.25, -0.2) is 14.6 Å². The van der Waals surface area contributed by atoms with Crippen molar-refractivity contribution in [2.24, 2.45) is 5.92 Å². The summed E-state index contributed by atoms with van der Waals surface area (Å²) in [5.74, 6) is 0.374. The highest BCUT2D eigenvalue weighted by Crippen LogP contribution is 2.47. The minimum atomic E-state index is -1.31. The SMILES string of the molecule is C[C@]1(O)[C@@H]2C[C@H](C[C@H]1OC(=O)c1ccccc1)[C@](C)(CSc1ccccc1)OO2. The van der Waals surface area contributed by atoms with Crippen molar-refractivity contribution in [1.82, 2.24) is 0 Å². The van der Waals surface area contributed by atoms with Crippen LogP contribution in [0.5, 0.6) is 0 Å². The van der Waals surface area contributed by atoms with E-state index >= 15 is 0 Å². The first-order valence-electron chi connectivity index (χ1n) is 9.89. The van der Waals surface area contributed by atoms with Crippen LogP contribution in [0.2, 0.25) is 0 Å². The highest BCUT2D eigenvalue weighted by molar-refractivity contribution is 7.99. The third-order valence-electron chi connectivity index (χ3n) is 6.05. The summed E-state index contributed by atoms with van der Waals surface area (Å²) in [6.07, 6.45) is -0.0104. The van der Waals surface area contributed by atoms with Gasteiger partial charge in [-0.3, -0.25) is 0 Å². The maximum atomic E-state index is 12.6. The van der Waals surface area contributed by atoms with Crippen molar-refractivity contribution in [2.75, 3.05) is 5.75 Å². The summed E-state index contributed by atoms with van der Waals surface area (Å²) in [6.45, 7) is 3.68. The molecule has 1 saturated carbocycles. The van der Waals surface area contributed by atoms with E-state index in [-0.39, 0.29) is 5.92 Å². The molecule has 2 aliphatic rings. The number of carbonyl (C=O) groups is 1. The molecule has 0 radical (unpaired) electrons. The molecule has 1 aliphatic carbocycles. The highest BCUT2D eigenvalue weighted by atomic mass is 32.2. The van der Waals surface area contributed by atoms with Crippen molar-refractivity contribution in [3.05, 3.63) is 66.2 Å². The summed E-state index contributed by atoms with van der Waals surface area (Å²) in [4.78, 5) is 25.2. The number of fused-ring (bicyclic) bond motifs is 2. The van der Waals surface area contributed by atoms with Crippen LogP contribution in [0.4, 0.5) is 0 Å². The first-order chi connectivity index (χ1) is 13.9. The molecule has 0 aromatic heterocycles. The summed E-state index contributed by atoms with van der Waals surface area (Å²) in [7, 11) is 0. The predicted molar refractivity (Wildman–Crippen MR) is 111 cm³/mol. The molecule has 1 N–H and O–H groups in total. The van der Waals surface area contributed by atoms with Gasteiger partial charge in [0.2, 0.25) is 0 Å². The molecule has 2 aromatic carbocycles. The highest BCUT2D eigenvalue weighted by Gasteiger charge is 2.57. The Morgan fingerprint density at radius 3 is 2.45 bits per heavy atom. The zero-order valence-electron chi connectivity index (χ0n) is 16.6. The van der Waals surface area contributed by atoms with Gasteiger partial charge in [-0.2, -0.15) is 0 Å². The quantitative estimate of drug-likeness (QED) is 0.448. The lowest BCUT2D eigenvalue weighted by Crippen LogP contribution is -2.64. The Kier molecular flexibility index (Phi) is 5.71. The summed E-state index contributed by atoms with van der Waals surface area (Å²) >= 11 is 1.71. The molecular formula is C23H26O5S. The molecular weight excluding hydrogens is 388 g/mol. The molecule has 0 spiro atoms. The molecule has 2 fully saturated rings. The van der Waals surface area contributed by atoms with Crippen LogP contribution in [0.3, 0.4) is 0 Å². The lowest BCUT2D eigenvalue weighted by Gasteiger charge is -2.53. The van der Waals surface area contributed by atoms with Crippen LogP contribution in [0.15, 0.2) is 65.6 Å². The average molecular weight is 415 g/mol. The predicted octanol–water partition coefficient (Wildman–Crippen LogP) is 4.25. The van der Waals surface area contributed by atoms with Crippen molar-refractivity contribution >= 4 is 17.7 Å². The topological polar surface area (TPSA) is 65.0 Å². The molecule has 5 atom stereocenters. The number of aliphatic hydroxyl groups is 1. The van der Waals surface area contributed by atoms with Crippen LogP contribution in [0.1, 0.15) is 37.0 Å². The van der Waals surface area contributed by atoms with Crippen LogP contribution in [-0.2, 0) is 14.5 Å². The molecule has 5 nitrogen and oxygen atoms in total. The number of thioether (sulfide) groups is 1. The van der Waals surface area contributed by atoms with E-state index in [2.05, 4.69) is 12.1 Å². The van der Waals surface area contributed by atoms with Crippen molar-refractivity contribution < 1.29 is 24.4 Å². The van der Waals surface area contributed by atoms with E-state index in [0.717, 1.165) is 4.90 Å². The minimum Gasteiger partial charge on any atom is -0.456 e. The van der Waals surface area contributed by atoms with E-state index in [4.69, 9.17) is 14.5 Å². The number of ether oxygens (including phenoxy) is 1. The van der Waals surface area contributed by atoms with Gasteiger partial charge in [0.05, 0.1) is 5.56 Å². The van der Waals surface area contributed by atoms with Gasteiger partial charge in [-0.05, 0) is 56.9 Å². The number of benzene rings is 2. The van der Waals surface area contributed by atoms with Crippen LogP contribution < -0.4 is 0 Å². The number of rotatable bonds is 5. The van der Waals surface area contributed by atoms with Crippen molar-refractivity contribution in [2.45, 2.75) is 55.0 Å². The fourth-order valence-corrected chi connectivity index (χ4v) is 5.08. The second-order valence-electron chi connectivity index (χ2n) is 8.24. The molecule has 6 heteroatoms. The van der Waals surface area contributed by atoms with Gasteiger partial charge in [0.25, 0.3) is 0 Å². The summed E-state index contributed by atoms with van der Waals surface area (Å²) in [5, 5.41) is 11.0. The molecule has 0 amide bonds. The Hall–Kier alpha value is -1.86. The third kappa shape index (κ3) is 4.21. The van der Waals surface area contributed by atoms with Crippen LogP contribution in [0, 0.1) is 5.92 Å². The number of esters is 1. The van der Waals surface area contributed by atoms with Crippen molar-refractivity contribution in [3.8, 4) is 0 Å². The zero-order valence-corrected chi connectivity index (χ0v) is 17.4. The van der Waals surface area contributed by atoms with Gasteiger partial charge in [-0.15, -0.1) is 11.8 Å². The van der Waals surface area contributed by atoms with Gasteiger partial charge in [-0.1, -0.05) is 36.4 Å². The molecule has 2 aromatic rings.